The van der Waals surface area contributed by atoms with E-state index in [1.54, 1.807) is 37.3 Å². The average Bonchev–Trinajstić information content (AvgIpc) is 2.76. The fourth-order valence-electron chi connectivity index (χ4n) is 2.87. The van der Waals surface area contributed by atoms with Crippen molar-refractivity contribution in [2.24, 2.45) is 0 Å². The van der Waals surface area contributed by atoms with E-state index in [4.69, 9.17) is 4.74 Å². The van der Waals surface area contributed by atoms with Crippen LogP contribution in [0.1, 0.15) is 29.8 Å². The summed E-state index contributed by atoms with van der Waals surface area (Å²) in [5, 5.41) is 9.36. The molecule has 31 heavy (non-hydrogen) atoms. The summed E-state index contributed by atoms with van der Waals surface area (Å²) in [6.07, 6.45) is 0. The molecule has 0 saturated heterocycles. The van der Waals surface area contributed by atoms with Crippen molar-refractivity contribution >= 4 is 18.4 Å². The summed E-state index contributed by atoms with van der Waals surface area (Å²) in [6.45, 7) is 1.23. The van der Waals surface area contributed by atoms with Crippen LogP contribution in [0.4, 0.5) is 4.39 Å². The summed E-state index contributed by atoms with van der Waals surface area (Å²) in [7, 11) is 0. The van der Waals surface area contributed by atoms with Gasteiger partial charge in [0, 0.05) is 5.56 Å². The van der Waals surface area contributed by atoms with Crippen molar-refractivity contribution < 1.29 is 23.8 Å². The second-order valence-corrected chi connectivity index (χ2v) is 6.55. The monoisotopic (exact) mass is 446 g/mol. The molecule has 0 amide bonds. The van der Waals surface area contributed by atoms with Gasteiger partial charge in [0.15, 0.2) is 0 Å². The zero-order chi connectivity index (χ0) is 21.5. The molecule has 0 spiro atoms. The third-order valence-electron chi connectivity index (χ3n) is 4.48. The standard InChI is InChI=1S/C22H19FN2O5.ClH/c1-15(17-10-11-20(21(23)12-17)16-6-3-2-4-7-16)22(26)29-13-18-8-5-9-19(24-18)14-30-25(27)28;/h2-12,15H,13-14H2,1H3;1H. The second kappa shape index (κ2) is 11.0. The van der Waals surface area contributed by atoms with Gasteiger partial charge in [-0.05, 0) is 36.2 Å². The van der Waals surface area contributed by atoms with E-state index in [0.29, 0.717) is 22.5 Å². The first kappa shape index (κ1) is 23.8. The molecule has 0 saturated carbocycles. The number of carbonyl (C=O) groups excluding carboxylic acids is 1. The fraction of sp³-hybridized carbons (Fsp3) is 0.182. The molecule has 1 heterocycles. The molecule has 1 aromatic heterocycles. The molecule has 0 aliphatic rings. The van der Waals surface area contributed by atoms with Crippen LogP contribution in [0.15, 0.2) is 66.7 Å². The van der Waals surface area contributed by atoms with Gasteiger partial charge in [-0.25, -0.2) is 4.39 Å². The van der Waals surface area contributed by atoms with E-state index in [1.165, 1.54) is 6.07 Å². The van der Waals surface area contributed by atoms with Gasteiger partial charge in [0.2, 0.25) is 0 Å². The highest BCUT2D eigenvalue weighted by Gasteiger charge is 2.19. The van der Waals surface area contributed by atoms with Gasteiger partial charge in [-0.3, -0.25) is 9.78 Å². The van der Waals surface area contributed by atoms with Crippen LogP contribution in [0.2, 0.25) is 0 Å². The highest BCUT2D eigenvalue weighted by Crippen LogP contribution is 2.26. The van der Waals surface area contributed by atoms with Gasteiger partial charge in [0.05, 0.1) is 17.3 Å². The Bertz CT molecular complexity index is 1050. The van der Waals surface area contributed by atoms with Gasteiger partial charge in [-0.1, -0.05) is 48.5 Å². The van der Waals surface area contributed by atoms with Crippen LogP contribution in [0, 0.1) is 15.9 Å². The Balaban J connectivity index is 0.00000341. The first-order chi connectivity index (χ1) is 14.4. The molecule has 0 fully saturated rings. The zero-order valence-electron chi connectivity index (χ0n) is 16.6. The van der Waals surface area contributed by atoms with E-state index in [0.717, 1.165) is 5.56 Å². The zero-order valence-corrected chi connectivity index (χ0v) is 17.4. The normalized spacial score (nSPS) is 11.2. The predicted molar refractivity (Wildman–Crippen MR) is 113 cm³/mol. The number of pyridine rings is 1. The lowest BCUT2D eigenvalue weighted by atomic mass is 9.97. The molecule has 0 N–H and O–H groups in total. The molecule has 162 valence electrons. The fourth-order valence-corrected chi connectivity index (χ4v) is 2.87. The third kappa shape index (κ3) is 6.48. The number of aromatic nitrogens is 1. The van der Waals surface area contributed by atoms with Gasteiger partial charge >= 0.3 is 5.97 Å². The van der Waals surface area contributed by atoms with Gasteiger partial charge in [-0.15, -0.1) is 22.5 Å². The van der Waals surface area contributed by atoms with E-state index in [-0.39, 0.29) is 25.6 Å². The minimum atomic E-state index is -0.905. The quantitative estimate of drug-likeness (QED) is 0.278. The SMILES string of the molecule is CC(C(=O)OCc1cccc(CO[N+](=O)[O-])n1)c1ccc(-c2ccccc2)c(F)c1.Cl. The van der Waals surface area contributed by atoms with Crippen molar-refractivity contribution in [3.05, 3.63) is 99.6 Å². The van der Waals surface area contributed by atoms with Crippen LogP contribution in [0.5, 0.6) is 0 Å². The van der Waals surface area contributed by atoms with Crippen LogP contribution in [0.3, 0.4) is 0 Å². The van der Waals surface area contributed by atoms with Crippen molar-refractivity contribution in [2.45, 2.75) is 26.1 Å². The topological polar surface area (TPSA) is 91.6 Å². The smallest absolute Gasteiger partial charge is 0.313 e. The molecular formula is C22H20ClFN2O5. The Hall–Kier alpha value is -3.52. The summed E-state index contributed by atoms with van der Waals surface area (Å²) in [5.74, 6) is -1.63. The van der Waals surface area contributed by atoms with E-state index in [9.17, 15) is 19.3 Å². The Morgan fingerprint density at radius 2 is 1.74 bits per heavy atom. The number of carbonyl (C=O) groups is 1. The molecule has 0 bridgehead atoms. The number of hydrogen-bond donors (Lipinski definition) is 0. The number of halogens is 2. The average molecular weight is 447 g/mol. The minimum absolute atomic E-state index is 0. The summed E-state index contributed by atoms with van der Waals surface area (Å²) in [5.41, 5.74) is 2.47. The summed E-state index contributed by atoms with van der Waals surface area (Å²) in [6, 6.07) is 18.6. The van der Waals surface area contributed by atoms with E-state index in [2.05, 4.69) is 9.82 Å². The van der Waals surface area contributed by atoms with Crippen LogP contribution in [-0.2, 0) is 27.6 Å². The van der Waals surface area contributed by atoms with Crippen molar-refractivity contribution in [1.29, 1.82) is 0 Å². The Labute approximate surface area is 184 Å². The van der Waals surface area contributed by atoms with Gasteiger partial charge in [-0.2, -0.15) is 0 Å². The first-order valence-corrected chi connectivity index (χ1v) is 9.17. The highest BCUT2D eigenvalue weighted by molar-refractivity contribution is 5.85. The molecular weight excluding hydrogens is 427 g/mol. The van der Waals surface area contributed by atoms with Crippen molar-refractivity contribution in [2.75, 3.05) is 0 Å². The highest BCUT2D eigenvalue weighted by atomic mass is 35.5. The van der Waals surface area contributed by atoms with E-state index < -0.39 is 22.8 Å². The maximum atomic E-state index is 14.6. The Morgan fingerprint density at radius 3 is 2.39 bits per heavy atom. The van der Waals surface area contributed by atoms with Crippen LogP contribution >= 0.6 is 12.4 Å². The Morgan fingerprint density at radius 1 is 1.06 bits per heavy atom. The lowest BCUT2D eigenvalue weighted by Gasteiger charge is -2.13. The van der Waals surface area contributed by atoms with Gasteiger partial charge < -0.3 is 9.57 Å². The molecule has 3 rings (SSSR count). The maximum absolute atomic E-state index is 14.6. The molecule has 9 heteroatoms. The molecule has 0 aliphatic heterocycles. The molecule has 1 unspecified atom stereocenters. The van der Waals surface area contributed by atoms with Gasteiger partial charge in [0.25, 0.3) is 5.09 Å². The largest absolute Gasteiger partial charge is 0.459 e. The van der Waals surface area contributed by atoms with E-state index >= 15 is 0 Å². The van der Waals surface area contributed by atoms with Crippen molar-refractivity contribution in [3.63, 3.8) is 0 Å². The number of benzene rings is 2. The predicted octanol–water partition coefficient (Wildman–Crippen LogP) is 4.86. The molecule has 7 nitrogen and oxygen atoms in total. The summed E-state index contributed by atoms with van der Waals surface area (Å²) >= 11 is 0. The first-order valence-electron chi connectivity index (χ1n) is 9.17. The summed E-state index contributed by atoms with van der Waals surface area (Å²) in [4.78, 5) is 31.1. The number of esters is 1. The minimum Gasteiger partial charge on any atom is -0.459 e. The summed E-state index contributed by atoms with van der Waals surface area (Å²) < 4.78 is 19.8. The molecule has 1 atom stereocenters. The van der Waals surface area contributed by atoms with Crippen LogP contribution < -0.4 is 0 Å². The molecule has 2 aromatic carbocycles. The number of nitrogens with zero attached hydrogens (tertiary/aromatic N) is 2. The lowest BCUT2D eigenvalue weighted by Crippen LogP contribution is -2.14. The number of ether oxygens (including phenoxy) is 1. The maximum Gasteiger partial charge on any atom is 0.313 e. The van der Waals surface area contributed by atoms with Crippen LogP contribution in [0.25, 0.3) is 11.1 Å². The number of rotatable bonds is 8. The molecule has 0 aliphatic carbocycles. The number of hydrogen-bond acceptors (Lipinski definition) is 6. The van der Waals surface area contributed by atoms with Gasteiger partial charge in [0.1, 0.15) is 19.0 Å². The van der Waals surface area contributed by atoms with Crippen molar-refractivity contribution in [3.8, 4) is 11.1 Å². The van der Waals surface area contributed by atoms with Crippen LogP contribution in [-0.4, -0.2) is 16.0 Å². The second-order valence-electron chi connectivity index (χ2n) is 6.55. The lowest BCUT2D eigenvalue weighted by molar-refractivity contribution is -0.763. The third-order valence-corrected chi connectivity index (χ3v) is 4.48. The Kier molecular flexibility index (Phi) is 8.45. The van der Waals surface area contributed by atoms with Crippen molar-refractivity contribution in [1.82, 2.24) is 4.98 Å². The molecule has 3 aromatic rings. The van der Waals surface area contributed by atoms with E-state index in [1.807, 2.05) is 30.3 Å². The molecule has 0 radical (unpaired) electrons.